The molecule has 0 aromatic heterocycles. The van der Waals surface area contributed by atoms with Gasteiger partial charge >= 0.3 is 0 Å². The molecule has 1 heterocycles. The second kappa shape index (κ2) is 5.55. The monoisotopic (exact) mass is 181 g/mol. The van der Waals surface area contributed by atoms with E-state index in [1.165, 1.54) is 0 Å². The first-order valence-electron chi connectivity index (χ1n) is 4.72. The van der Waals surface area contributed by atoms with Crippen LogP contribution in [0.15, 0.2) is 0 Å². The fraction of sp³-hybridized carbons (Fsp3) is 0.778. The summed E-state index contributed by atoms with van der Waals surface area (Å²) in [5.41, 5.74) is 0. The molecule has 1 amide bonds. The summed E-state index contributed by atoms with van der Waals surface area (Å²) in [6, 6.07) is 2.05. The van der Waals surface area contributed by atoms with Crippen molar-refractivity contribution in [1.82, 2.24) is 10.6 Å². The van der Waals surface area contributed by atoms with Gasteiger partial charge in [-0.3, -0.25) is 4.79 Å². The van der Waals surface area contributed by atoms with Gasteiger partial charge in [-0.15, -0.1) is 0 Å². The minimum Gasteiger partial charge on any atom is -0.355 e. The lowest BCUT2D eigenvalue weighted by molar-refractivity contribution is -0.122. The van der Waals surface area contributed by atoms with Crippen LogP contribution in [-0.4, -0.2) is 25.0 Å². The Bertz CT molecular complexity index is 203. The zero-order valence-corrected chi connectivity index (χ0v) is 7.68. The minimum absolute atomic E-state index is 0.00193. The van der Waals surface area contributed by atoms with Crippen LogP contribution in [0, 0.1) is 11.3 Å². The summed E-state index contributed by atoms with van der Waals surface area (Å²) in [5.74, 6) is 0.0791. The number of nitrogens with one attached hydrogen (secondary N) is 2. The molecule has 1 rings (SSSR count). The Balaban J connectivity index is 2.07. The van der Waals surface area contributed by atoms with Crippen LogP contribution in [0.25, 0.3) is 0 Å². The van der Waals surface area contributed by atoms with Crippen molar-refractivity contribution in [3.05, 3.63) is 0 Å². The van der Waals surface area contributed by atoms with E-state index in [4.69, 9.17) is 5.26 Å². The number of nitrogens with zero attached hydrogens (tertiary/aromatic N) is 1. The minimum atomic E-state index is 0.00193. The molecule has 72 valence electrons. The van der Waals surface area contributed by atoms with E-state index >= 15 is 0 Å². The molecule has 1 aliphatic heterocycles. The lowest BCUT2D eigenvalue weighted by Gasteiger charge is -2.09. The second-order valence-electron chi connectivity index (χ2n) is 3.20. The van der Waals surface area contributed by atoms with Gasteiger partial charge in [0.2, 0.25) is 5.91 Å². The van der Waals surface area contributed by atoms with Gasteiger partial charge in [-0.25, -0.2) is 0 Å². The highest BCUT2D eigenvalue weighted by atomic mass is 16.2. The van der Waals surface area contributed by atoms with E-state index in [1.54, 1.807) is 0 Å². The Morgan fingerprint density at radius 1 is 1.69 bits per heavy atom. The molecule has 2 N–H and O–H groups in total. The largest absolute Gasteiger partial charge is 0.355 e. The maximum absolute atomic E-state index is 11.4. The van der Waals surface area contributed by atoms with E-state index in [1.807, 2.05) is 6.07 Å². The van der Waals surface area contributed by atoms with Crippen molar-refractivity contribution in [2.75, 3.05) is 13.1 Å². The molecule has 0 aromatic rings. The lowest BCUT2D eigenvalue weighted by atomic mass is 10.2. The molecular formula is C9H15N3O. The third-order valence-electron chi connectivity index (χ3n) is 2.14. The number of carbonyl (C=O) groups is 1. The van der Waals surface area contributed by atoms with E-state index in [0.717, 1.165) is 25.8 Å². The number of unbranched alkanes of at least 4 members (excludes halogenated alkanes) is 1. The molecule has 4 nitrogen and oxygen atoms in total. The van der Waals surface area contributed by atoms with Crippen molar-refractivity contribution in [2.45, 2.75) is 31.7 Å². The SMILES string of the molecule is N#CCCCNC(=O)C1CCCN1. The maximum Gasteiger partial charge on any atom is 0.237 e. The maximum atomic E-state index is 11.4. The normalized spacial score (nSPS) is 21.0. The molecule has 1 atom stereocenters. The Morgan fingerprint density at radius 3 is 3.15 bits per heavy atom. The zero-order valence-electron chi connectivity index (χ0n) is 7.68. The summed E-state index contributed by atoms with van der Waals surface area (Å²) in [7, 11) is 0. The summed E-state index contributed by atoms with van der Waals surface area (Å²) < 4.78 is 0. The van der Waals surface area contributed by atoms with E-state index < -0.39 is 0 Å². The van der Waals surface area contributed by atoms with Gasteiger partial charge in [0.1, 0.15) is 0 Å². The summed E-state index contributed by atoms with van der Waals surface area (Å²) in [5, 5.41) is 14.2. The van der Waals surface area contributed by atoms with Crippen LogP contribution in [0.1, 0.15) is 25.7 Å². The number of rotatable bonds is 4. The molecule has 0 radical (unpaired) electrons. The Morgan fingerprint density at radius 2 is 2.54 bits per heavy atom. The van der Waals surface area contributed by atoms with Crippen LogP contribution in [0.5, 0.6) is 0 Å². The number of carbonyl (C=O) groups excluding carboxylic acids is 1. The molecule has 1 fully saturated rings. The third kappa shape index (κ3) is 3.43. The summed E-state index contributed by atoms with van der Waals surface area (Å²) in [6.07, 6.45) is 3.27. The fourth-order valence-corrected chi connectivity index (χ4v) is 1.41. The predicted octanol–water partition coefficient (Wildman–Crippen LogP) is 0.158. The van der Waals surface area contributed by atoms with Crippen molar-refractivity contribution in [1.29, 1.82) is 5.26 Å². The first-order chi connectivity index (χ1) is 6.34. The molecule has 0 aliphatic carbocycles. The molecule has 0 aromatic carbocycles. The van der Waals surface area contributed by atoms with Crippen molar-refractivity contribution in [3.63, 3.8) is 0 Å². The van der Waals surface area contributed by atoms with Gasteiger partial charge in [0, 0.05) is 13.0 Å². The molecule has 0 bridgehead atoms. The van der Waals surface area contributed by atoms with Crippen molar-refractivity contribution in [2.24, 2.45) is 0 Å². The average Bonchev–Trinajstić information content (AvgIpc) is 2.65. The molecule has 1 saturated heterocycles. The number of hydrogen-bond donors (Lipinski definition) is 2. The van der Waals surface area contributed by atoms with Crippen molar-refractivity contribution >= 4 is 5.91 Å². The molecule has 1 aliphatic rings. The molecule has 4 heteroatoms. The summed E-state index contributed by atoms with van der Waals surface area (Å²) >= 11 is 0. The van der Waals surface area contributed by atoms with Crippen molar-refractivity contribution in [3.8, 4) is 6.07 Å². The van der Waals surface area contributed by atoms with Gasteiger partial charge in [0.15, 0.2) is 0 Å². The highest BCUT2D eigenvalue weighted by Gasteiger charge is 2.20. The van der Waals surface area contributed by atoms with E-state index in [0.29, 0.717) is 13.0 Å². The van der Waals surface area contributed by atoms with Crippen LogP contribution in [0.2, 0.25) is 0 Å². The number of hydrogen-bond acceptors (Lipinski definition) is 3. The van der Waals surface area contributed by atoms with Crippen LogP contribution < -0.4 is 10.6 Å². The van der Waals surface area contributed by atoms with Gasteiger partial charge in [-0.05, 0) is 25.8 Å². The van der Waals surface area contributed by atoms with Crippen molar-refractivity contribution < 1.29 is 4.79 Å². The number of nitriles is 1. The Labute approximate surface area is 78.3 Å². The first kappa shape index (κ1) is 10.0. The third-order valence-corrected chi connectivity index (χ3v) is 2.14. The van der Waals surface area contributed by atoms with Gasteiger partial charge in [-0.1, -0.05) is 0 Å². The van der Waals surface area contributed by atoms with Gasteiger partial charge in [0.25, 0.3) is 0 Å². The average molecular weight is 181 g/mol. The van der Waals surface area contributed by atoms with Gasteiger partial charge in [-0.2, -0.15) is 5.26 Å². The van der Waals surface area contributed by atoms with E-state index in [2.05, 4.69) is 10.6 Å². The Kier molecular flexibility index (Phi) is 4.27. The van der Waals surface area contributed by atoms with E-state index in [9.17, 15) is 4.79 Å². The van der Waals surface area contributed by atoms with E-state index in [-0.39, 0.29) is 11.9 Å². The van der Waals surface area contributed by atoms with Gasteiger partial charge < -0.3 is 10.6 Å². The quantitative estimate of drug-likeness (QED) is 0.607. The van der Waals surface area contributed by atoms with Gasteiger partial charge in [0.05, 0.1) is 12.1 Å². The molecule has 1 unspecified atom stereocenters. The van der Waals surface area contributed by atoms with Crippen LogP contribution >= 0.6 is 0 Å². The van der Waals surface area contributed by atoms with Crippen LogP contribution in [-0.2, 0) is 4.79 Å². The first-order valence-corrected chi connectivity index (χ1v) is 4.72. The summed E-state index contributed by atoms with van der Waals surface area (Å²) in [6.45, 7) is 1.56. The molecule has 0 spiro atoms. The Hall–Kier alpha value is -1.08. The molecule has 13 heavy (non-hydrogen) atoms. The topological polar surface area (TPSA) is 64.9 Å². The highest BCUT2D eigenvalue weighted by molar-refractivity contribution is 5.81. The zero-order chi connectivity index (χ0) is 9.52. The lowest BCUT2D eigenvalue weighted by Crippen LogP contribution is -2.40. The standard InChI is InChI=1S/C9H15N3O/c10-5-1-2-6-12-9(13)8-4-3-7-11-8/h8,11H,1-4,6-7H2,(H,12,13). The molecular weight excluding hydrogens is 166 g/mol. The molecule has 0 saturated carbocycles. The highest BCUT2D eigenvalue weighted by Crippen LogP contribution is 2.04. The smallest absolute Gasteiger partial charge is 0.237 e. The number of amides is 1. The fourth-order valence-electron chi connectivity index (χ4n) is 1.41. The van der Waals surface area contributed by atoms with Crippen LogP contribution in [0.3, 0.4) is 0 Å². The second-order valence-corrected chi connectivity index (χ2v) is 3.20. The summed E-state index contributed by atoms with van der Waals surface area (Å²) in [4.78, 5) is 11.4. The van der Waals surface area contributed by atoms with Crippen LogP contribution in [0.4, 0.5) is 0 Å². The predicted molar refractivity (Wildman–Crippen MR) is 48.9 cm³/mol.